The van der Waals surface area contributed by atoms with Crippen LogP contribution in [0, 0.1) is 0 Å². The summed E-state index contributed by atoms with van der Waals surface area (Å²) in [5.41, 5.74) is 2.58. The van der Waals surface area contributed by atoms with Crippen LogP contribution in [0.2, 0.25) is 0 Å². The van der Waals surface area contributed by atoms with Gasteiger partial charge in [0.25, 0.3) is 0 Å². The molecule has 0 fully saturated rings. The van der Waals surface area contributed by atoms with Gasteiger partial charge in [-0.25, -0.2) is 10.2 Å². The highest BCUT2D eigenvalue weighted by molar-refractivity contribution is 5.84. The van der Waals surface area contributed by atoms with E-state index < -0.39 is 6.09 Å². The molecule has 0 saturated carbocycles. The van der Waals surface area contributed by atoms with Gasteiger partial charge in [-0.3, -0.25) is 0 Å². The molecule has 0 spiro atoms. The minimum Gasteiger partial charge on any atom is -0.507 e. The molecule has 0 aromatic heterocycles. The number of nitrogens with one attached hydrogen (secondary N) is 1. The fourth-order valence-corrected chi connectivity index (χ4v) is 1.08. The predicted molar refractivity (Wildman–Crippen MR) is 62.4 cm³/mol. The second kappa shape index (κ2) is 6.37. The molecule has 0 radical (unpaired) electrons. The van der Waals surface area contributed by atoms with E-state index in [0.29, 0.717) is 11.3 Å². The number of carbonyl (C=O) groups is 1. The summed E-state index contributed by atoms with van der Waals surface area (Å²) in [6.07, 6.45) is 0.653. The van der Waals surface area contributed by atoms with Gasteiger partial charge in [-0.15, -0.1) is 0 Å². The lowest BCUT2D eigenvalue weighted by Crippen LogP contribution is -2.18. The summed E-state index contributed by atoms with van der Waals surface area (Å²) in [7, 11) is 1.52. The molecule has 1 rings (SSSR count). The molecule has 2 N–H and O–H groups in total. The summed E-state index contributed by atoms with van der Waals surface area (Å²) in [4.78, 5) is 10.9. The highest BCUT2D eigenvalue weighted by atomic mass is 16.5. The number of carbonyl (C=O) groups excluding carboxylic acids is 1. The van der Waals surface area contributed by atoms with E-state index in [1.165, 1.54) is 19.4 Å². The van der Waals surface area contributed by atoms with Crippen molar-refractivity contribution in [2.24, 2.45) is 5.10 Å². The van der Waals surface area contributed by atoms with E-state index in [2.05, 4.69) is 15.3 Å². The Morgan fingerprint density at radius 3 is 3.00 bits per heavy atom. The van der Waals surface area contributed by atoms with E-state index in [1.54, 1.807) is 19.1 Å². The summed E-state index contributed by atoms with van der Waals surface area (Å²) in [5, 5.41) is 13.1. The van der Waals surface area contributed by atoms with Gasteiger partial charge in [0.05, 0.1) is 19.9 Å². The largest absolute Gasteiger partial charge is 0.507 e. The minimum absolute atomic E-state index is 0.0419. The van der Waals surface area contributed by atoms with Crippen molar-refractivity contribution in [1.82, 2.24) is 5.43 Å². The number of benzene rings is 1. The number of nitrogens with zero attached hydrogens (tertiary/aromatic N) is 1. The van der Waals surface area contributed by atoms with Gasteiger partial charge in [0, 0.05) is 5.56 Å². The molecule has 0 bridgehead atoms. The van der Waals surface area contributed by atoms with E-state index in [4.69, 9.17) is 4.74 Å². The van der Waals surface area contributed by atoms with Crippen LogP contribution in [0.1, 0.15) is 12.5 Å². The fourth-order valence-electron chi connectivity index (χ4n) is 1.08. The zero-order chi connectivity index (χ0) is 12.7. The van der Waals surface area contributed by atoms with Gasteiger partial charge in [0.15, 0.2) is 0 Å². The van der Waals surface area contributed by atoms with Gasteiger partial charge >= 0.3 is 6.09 Å². The summed E-state index contributed by atoms with van der Waals surface area (Å²) >= 11 is 0. The Kier molecular flexibility index (Phi) is 4.80. The normalized spacial score (nSPS) is 10.2. The van der Waals surface area contributed by atoms with Gasteiger partial charge in [-0.05, 0) is 25.1 Å². The van der Waals surface area contributed by atoms with Crippen LogP contribution in [0.25, 0.3) is 0 Å². The number of phenols is 1. The van der Waals surface area contributed by atoms with Gasteiger partial charge in [-0.2, -0.15) is 5.10 Å². The average molecular weight is 238 g/mol. The molecule has 6 heteroatoms. The first-order valence-electron chi connectivity index (χ1n) is 5.00. The number of hydrogen-bond acceptors (Lipinski definition) is 5. The molecule has 1 aromatic rings. The zero-order valence-corrected chi connectivity index (χ0v) is 9.64. The first-order chi connectivity index (χ1) is 8.17. The van der Waals surface area contributed by atoms with Gasteiger partial charge in [0.2, 0.25) is 0 Å². The number of phenolic OH excluding ortho intramolecular Hbond substituents is 1. The standard InChI is InChI=1S/C11H14N2O4/c1-3-17-11(15)13-12-7-8-6-9(16-2)4-5-10(8)14/h4-7,14H,3H2,1-2H3,(H,13,15). The molecule has 92 valence electrons. The number of hydrazone groups is 1. The summed E-state index contributed by atoms with van der Waals surface area (Å²) in [6, 6.07) is 4.68. The molecule has 1 aromatic carbocycles. The maximum atomic E-state index is 10.9. The number of methoxy groups -OCH3 is 1. The monoisotopic (exact) mass is 238 g/mol. The number of aromatic hydroxyl groups is 1. The lowest BCUT2D eigenvalue weighted by Gasteiger charge is -2.03. The van der Waals surface area contributed by atoms with Crippen molar-refractivity contribution >= 4 is 12.3 Å². The molecule has 0 aliphatic heterocycles. The Labute approximate surface area is 98.9 Å². The molecule has 1 amide bonds. The van der Waals surface area contributed by atoms with Crippen molar-refractivity contribution in [3.05, 3.63) is 23.8 Å². The van der Waals surface area contributed by atoms with Crippen LogP contribution >= 0.6 is 0 Å². The van der Waals surface area contributed by atoms with Crippen molar-refractivity contribution < 1.29 is 19.4 Å². The van der Waals surface area contributed by atoms with Gasteiger partial charge in [-0.1, -0.05) is 0 Å². The molecule has 6 nitrogen and oxygen atoms in total. The fraction of sp³-hybridized carbons (Fsp3) is 0.273. The number of ether oxygens (including phenoxy) is 2. The Balaban J connectivity index is 2.67. The molecule has 0 atom stereocenters. The Morgan fingerprint density at radius 2 is 2.35 bits per heavy atom. The number of amides is 1. The Bertz CT molecular complexity index is 418. The molecule has 0 unspecified atom stereocenters. The molecular formula is C11H14N2O4. The summed E-state index contributed by atoms with van der Waals surface area (Å²) in [5.74, 6) is 0.626. The Hall–Kier alpha value is -2.24. The van der Waals surface area contributed by atoms with E-state index in [-0.39, 0.29) is 12.4 Å². The molecule has 17 heavy (non-hydrogen) atoms. The topological polar surface area (TPSA) is 80.2 Å². The first-order valence-corrected chi connectivity index (χ1v) is 5.00. The van der Waals surface area contributed by atoms with Crippen LogP contribution in [0.5, 0.6) is 11.5 Å². The molecule has 0 saturated heterocycles. The average Bonchev–Trinajstić information content (AvgIpc) is 2.32. The highest BCUT2D eigenvalue weighted by Gasteiger charge is 2.01. The van der Waals surface area contributed by atoms with Gasteiger partial charge < -0.3 is 14.6 Å². The third kappa shape index (κ3) is 4.02. The van der Waals surface area contributed by atoms with E-state index in [9.17, 15) is 9.90 Å². The van der Waals surface area contributed by atoms with Crippen LogP contribution in [0.3, 0.4) is 0 Å². The second-order valence-electron chi connectivity index (χ2n) is 3.02. The van der Waals surface area contributed by atoms with E-state index in [0.717, 1.165) is 0 Å². The maximum Gasteiger partial charge on any atom is 0.427 e. The summed E-state index contributed by atoms with van der Waals surface area (Å²) < 4.78 is 9.59. The van der Waals surface area contributed by atoms with Crippen molar-refractivity contribution in [3.63, 3.8) is 0 Å². The maximum absolute atomic E-state index is 10.9. The predicted octanol–water partition coefficient (Wildman–Crippen LogP) is 1.48. The quantitative estimate of drug-likeness (QED) is 0.615. The highest BCUT2D eigenvalue weighted by Crippen LogP contribution is 2.20. The van der Waals surface area contributed by atoms with Gasteiger partial charge in [0.1, 0.15) is 11.5 Å². The van der Waals surface area contributed by atoms with Crippen molar-refractivity contribution in [2.75, 3.05) is 13.7 Å². The van der Waals surface area contributed by atoms with Crippen molar-refractivity contribution in [2.45, 2.75) is 6.92 Å². The van der Waals surface area contributed by atoms with Crippen LogP contribution in [0.4, 0.5) is 4.79 Å². The molecule has 0 heterocycles. The first kappa shape index (κ1) is 12.8. The Morgan fingerprint density at radius 1 is 1.59 bits per heavy atom. The smallest absolute Gasteiger partial charge is 0.427 e. The third-order valence-corrected chi connectivity index (χ3v) is 1.87. The summed E-state index contributed by atoms with van der Waals surface area (Å²) in [6.45, 7) is 1.96. The molecule has 0 aliphatic rings. The van der Waals surface area contributed by atoms with E-state index in [1.807, 2.05) is 0 Å². The van der Waals surface area contributed by atoms with Crippen LogP contribution in [0.15, 0.2) is 23.3 Å². The third-order valence-electron chi connectivity index (χ3n) is 1.87. The number of hydrogen-bond donors (Lipinski definition) is 2. The van der Waals surface area contributed by atoms with Crippen LogP contribution in [-0.4, -0.2) is 31.1 Å². The minimum atomic E-state index is -0.647. The van der Waals surface area contributed by atoms with Crippen molar-refractivity contribution in [1.29, 1.82) is 0 Å². The zero-order valence-electron chi connectivity index (χ0n) is 9.64. The lowest BCUT2D eigenvalue weighted by molar-refractivity contribution is 0.152. The van der Waals surface area contributed by atoms with E-state index >= 15 is 0 Å². The van der Waals surface area contributed by atoms with Crippen LogP contribution in [-0.2, 0) is 4.74 Å². The lowest BCUT2D eigenvalue weighted by atomic mass is 10.2. The molecule has 0 aliphatic carbocycles. The number of rotatable bonds is 4. The van der Waals surface area contributed by atoms with Crippen LogP contribution < -0.4 is 10.2 Å². The SMILES string of the molecule is CCOC(=O)NN=Cc1cc(OC)ccc1O. The molecular weight excluding hydrogens is 224 g/mol. The second-order valence-corrected chi connectivity index (χ2v) is 3.02. The van der Waals surface area contributed by atoms with Crippen molar-refractivity contribution in [3.8, 4) is 11.5 Å².